The van der Waals surface area contributed by atoms with Crippen LogP contribution < -0.4 is 10.2 Å². The molecule has 21 heavy (non-hydrogen) atoms. The van der Waals surface area contributed by atoms with Crippen molar-refractivity contribution in [2.45, 2.75) is 38.1 Å². The van der Waals surface area contributed by atoms with Gasteiger partial charge in [0.25, 0.3) is 5.78 Å². The number of hydrogen-bond acceptors (Lipinski definition) is 3. The lowest BCUT2D eigenvalue weighted by Gasteiger charge is -2.25. The first-order valence-corrected chi connectivity index (χ1v) is 7.44. The summed E-state index contributed by atoms with van der Waals surface area (Å²) < 4.78 is 0. The lowest BCUT2D eigenvalue weighted by Crippen LogP contribution is -2.47. The Bertz CT molecular complexity index is 623. The maximum absolute atomic E-state index is 12.3. The third-order valence-corrected chi connectivity index (χ3v) is 4.21. The molecule has 6 heteroatoms. The van der Waals surface area contributed by atoms with Gasteiger partial charge in [-0.25, -0.2) is 9.69 Å². The van der Waals surface area contributed by atoms with E-state index in [1.165, 1.54) is 18.6 Å². The van der Waals surface area contributed by atoms with E-state index in [-0.39, 0.29) is 11.6 Å². The van der Waals surface area contributed by atoms with E-state index in [4.69, 9.17) is 11.6 Å². The molecule has 1 aromatic rings. The van der Waals surface area contributed by atoms with Gasteiger partial charge in [0, 0.05) is 11.1 Å². The van der Waals surface area contributed by atoms with Crippen LogP contribution in [0.3, 0.4) is 0 Å². The molecule has 3 rings (SSSR count). The van der Waals surface area contributed by atoms with Gasteiger partial charge in [0.2, 0.25) is 0 Å². The molecule has 0 atom stereocenters. The highest BCUT2D eigenvalue weighted by molar-refractivity contribution is 6.56. The quantitative estimate of drug-likeness (QED) is 0.811. The Morgan fingerprint density at radius 2 is 1.90 bits per heavy atom. The summed E-state index contributed by atoms with van der Waals surface area (Å²) >= 11 is 5.84. The van der Waals surface area contributed by atoms with Crippen molar-refractivity contribution in [3.8, 4) is 0 Å². The predicted octanol–water partition coefficient (Wildman–Crippen LogP) is 2.91. The number of nitrogens with zero attached hydrogens (tertiary/aromatic N) is 1. The van der Waals surface area contributed by atoms with Gasteiger partial charge in [-0.15, -0.1) is 0 Å². The molecular formula is C15H15ClN2O3. The molecular weight excluding hydrogens is 292 g/mol. The van der Waals surface area contributed by atoms with E-state index in [0.717, 1.165) is 30.6 Å². The van der Waals surface area contributed by atoms with E-state index in [9.17, 15) is 14.4 Å². The first-order chi connectivity index (χ1) is 10.1. The van der Waals surface area contributed by atoms with Gasteiger partial charge in [0.1, 0.15) is 0 Å². The first-order valence-electron chi connectivity index (χ1n) is 7.07. The highest BCUT2D eigenvalue weighted by atomic mass is 35.5. The summed E-state index contributed by atoms with van der Waals surface area (Å²) in [7, 11) is 0. The minimum Gasteiger partial charge on any atom is -0.335 e. The van der Waals surface area contributed by atoms with Gasteiger partial charge in [-0.3, -0.25) is 9.59 Å². The van der Waals surface area contributed by atoms with Crippen molar-refractivity contribution in [1.82, 2.24) is 5.32 Å². The maximum atomic E-state index is 12.3. The SMILES string of the molecule is O=C1C(=O)N(C(=O)NC2CCCCC2)c2ccc(Cl)cc21. The third kappa shape index (κ3) is 2.53. The number of benzene rings is 1. The smallest absolute Gasteiger partial charge is 0.329 e. The first kappa shape index (κ1) is 14.1. The molecule has 3 amide bonds. The molecule has 1 N–H and O–H groups in total. The van der Waals surface area contributed by atoms with Crippen LogP contribution in [0.5, 0.6) is 0 Å². The van der Waals surface area contributed by atoms with Crippen molar-refractivity contribution in [1.29, 1.82) is 0 Å². The standard InChI is InChI=1S/C15H15ClN2O3/c16-9-6-7-12-11(8-9)13(19)14(20)18(12)15(21)17-10-4-2-1-3-5-10/h6-8,10H,1-5H2,(H,17,21). The molecule has 0 bridgehead atoms. The van der Waals surface area contributed by atoms with Crippen molar-refractivity contribution in [3.63, 3.8) is 0 Å². The van der Waals surface area contributed by atoms with Crippen LogP contribution in [-0.2, 0) is 4.79 Å². The molecule has 2 aliphatic rings. The Labute approximate surface area is 127 Å². The highest BCUT2D eigenvalue weighted by Crippen LogP contribution is 2.31. The monoisotopic (exact) mass is 306 g/mol. The van der Waals surface area contributed by atoms with Crippen LogP contribution in [-0.4, -0.2) is 23.8 Å². The molecule has 0 radical (unpaired) electrons. The van der Waals surface area contributed by atoms with E-state index in [1.807, 2.05) is 0 Å². The van der Waals surface area contributed by atoms with Gasteiger partial charge < -0.3 is 5.32 Å². The van der Waals surface area contributed by atoms with Crippen molar-refractivity contribution < 1.29 is 14.4 Å². The van der Waals surface area contributed by atoms with Crippen LogP contribution in [0.4, 0.5) is 10.5 Å². The second kappa shape index (κ2) is 5.48. The number of rotatable bonds is 1. The Morgan fingerprint density at radius 3 is 2.62 bits per heavy atom. The van der Waals surface area contributed by atoms with Gasteiger partial charge in [0.15, 0.2) is 0 Å². The predicted molar refractivity (Wildman–Crippen MR) is 78.7 cm³/mol. The zero-order valence-electron chi connectivity index (χ0n) is 11.4. The van der Waals surface area contributed by atoms with Crippen LogP contribution in [0, 0.1) is 0 Å². The van der Waals surface area contributed by atoms with E-state index < -0.39 is 17.7 Å². The Morgan fingerprint density at radius 1 is 1.19 bits per heavy atom. The topological polar surface area (TPSA) is 66.5 Å². The van der Waals surface area contributed by atoms with Crippen LogP contribution >= 0.6 is 11.6 Å². The lowest BCUT2D eigenvalue weighted by atomic mass is 9.96. The molecule has 1 fully saturated rings. The van der Waals surface area contributed by atoms with Gasteiger partial charge >= 0.3 is 11.9 Å². The molecule has 1 saturated carbocycles. The molecule has 110 valence electrons. The van der Waals surface area contributed by atoms with Crippen molar-refractivity contribution in [2.24, 2.45) is 0 Å². The number of imide groups is 1. The van der Waals surface area contributed by atoms with Crippen LogP contribution in [0.15, 0.2) is 18.2 Å². The lowest BCUT2D eigenvalue weighted by molar-refractivity contribution is -0.113. The average Bonchev–Trinajstić information content (AvgIpc) is 2.72. The fraction of sp³-hybridized carbons (Fsp3) is 0.400. The summed E-state index contributed by atoms with van der Waals surface area (Å²) in [5, 5.41) is 3.21. The molecule has 1 aromatic carbocycles. The van der Waals surface area contributed by atoms with Gasteiger partial charge in [-0.2, -0.15) is 0 Å². The minimum absolute atomic E-state index is 0.0745. The number of carbonyl (C=O) groups is 3. The Kier molecular flexibility index (Phi) is 3.68. The summed E-state index contributed by atoms with van der Waals surface area (Å²) in [6.07, 6.45) is 5.15. The minimum atomic E-state index is -0.819. The fourth-order valence-corrected chi connectivity index (χ4v) is 3.07. The van der Waals surface area contributed by atoms with Crippen LogP contribution in [0.25, 0.3) is 0 Å². The molecule has 1 aliphatic carbocycles. The second-order valence-electron chi connectivity index (χ2n) is 5.42. The van der Waals surface area contributed by atoms with Crippen molar-refractivity contribution in [3.05, 3.63) is 28.8 Å². The maximum Gasteiger partial charge on any atom is 0.329 e. The van der Waals surface area contributed by atoms with Crippen molar-refractivity contribution >= 4 is 35.0 Å². The van der Waals surface area contributed by atoms with E-state index in [1.54, 1.807) is 6.07 Å². The van der Waals surface area contributed by atoms with E-state index in [0.29, 0.717) is 10.7 Å². The molecule has 1 aliphatic heterocycles. The fourth-order valence-electron chi connectivity index (χ4n) is 2.90. The average molecular weight is 307 g/mol. The summed E-state index contributed by atoms with van der Waals surface area (Å²) in [5.74, 6) is -1.51. The summed E-state index contributed by atoms with van der Waals surface area (Å²) in [4.78, 5) is 37.2. The third-order valence-electron chi connectivity index (χ3n) is 3.98. The highest BCUT2D eigenvalue weighted by Gasteiger charge is 2.40. The summed E-state index contributed by atoms with van der Waals surface area (Å²) in [6.45, 7) is 0. The summed E-state index contributed by atoms with van der Waals surface area (Å²) in [5.41, 5.74) is 0.494. The van der Waals surface area contributed by atoms with Gasteiger partial charge in [0.05, 0.1) is 11.3 Å². The molecule has 0 unspecified atom stereocenters. The van der Waals surface area contributed by atoms with Gasteiger partial charge in [-0.05, 0) is 31.0 Å². The number of urea groups is 1. The van der Waals surface area contributed by atoms with Crippen LogP contribution in [0.1, 0.15) is 42.5 Å². The molecule has 0 saturated heterocycles. The van der Waals surface area contributed by atoms with Gasteiger partial charge in [-0.1, -0.05) is 30.9 Å². The zero-order chi connectivity index (χ0) is 15.0. The number of anilines is 1. The number of carbonyl (C=O) groups excluding carboxylic acids is 3. The Balaban J connectivity index is 1.83. The van der Waals surface area contributed by atoms with E-state index in [2.05, 4.69) is 5.32 Å². The molecule has 0 spiro atoms. The summed E-state index contributed by atoms with van der Waals surface area (Å²) in [6, 6.07) is 4.06. The van der Waals surface area contributed by atoms with E-state index >= 15 is 0 Å². The molecule has 5 nitrogen and oxygen atoms in total. The number of amides is 3. The Hall–Kier alpha value is -1.88. The number of Topliss-reactive ketones (excluding diaryl/α,β-unsaturated/α-hetero) is 1. The number of ketones is 1. The second-order valence-corrected chi connectivity index (χ2v) is 5.85. The number of fused-ring (bicyclic) bond motifs is 1. The normalized spacial score (nSPS) is 18.8. The number of halogens is 1. The zero-order valence-corrected chi connectivity index (χ0v) is 12.2. The number of nitrogens with one attached hydrogen (secondary N) is 1. The largest absolute Gasteiger partial charge is 0.335 e. The molecule has 0 aromatic heterocycles. The van der Waals surface area contributed by atoms with Crippen LogP contribution in [0.2, 0.25) is 5.02 Å². The number of hydrogen-bond donors (Lipinski definition) is 1. The van der Waals surface area contributed by atoms with Crippen molar-refractivity contribution in [2.75, 3.05) is 4.90 Å². The molecule has 1 heterocycles.